The molecule has 2 aromatic carbocycles. The zero-order valence-corrected chi connectivity index (χ0v) is 16.9. The summed E-state index contributed by atoms with van der Waals surface area (Å²) in [6.07, 6.45) is 4.88. The van der Waals surface area contributed by atoms with E-state index < -0.39 is 5.97 Å². The lowest BCUT2D eigenvalue weighted by Gasteiger charge is -2.13. The highest BCUT2D eigenvalue weighted by Gasteiger charge is 2.17. The predicted octanol–water partition coefficient (Wildman–Crippen LogP) is 4.36. The molecule has 0 aliphatic rings. The van der Waals surface area contributed by atoms with Gasteiger partial charge in [-0.3, -0.25) is 4.79 Å². The van der Waals surface area contributed by atoms with Crippen LogP contribution in [0.25, 0.3) is 16.9 Å². The minimum atomic E-state index is -0.497. The van der Waals surface area contributed by atoms with E-state index in [-0.39, 0.29) is 18.1 Å². The lowest BCUT2D eigenvalue weighted by Crippen LogP contribution is -2.16. The molecule has 0 fully saturated rings. The highest BCUT2D eigenvalue weighted by molar-refractivity contribution is 6.08. The van der Waals surface area contributed by atoms with Crippen molar-refractivity contribution in [3.8, 4) is 16.9 Å². The van der Waals surface area contributed by atoms with Gasteiger partial charge in [-0.05, 0) is 48.4 Å². The van der Waals surface area contributed by atoms with Crippen molar-refractivity contribution in [2.75, 3.05) is 11.9 Å². The Morgan fingerprint density at radius 1 is 1.00 bits per heavy atom. The van der Waals surface area contributed by atoms with Gasteiger partial charge in [-0.1, -0.05) is 36.4 Å². The van der Waals surface area contributed by atoms with Crippen molar-refractivity contribution in [1.82, 2.24) is 14.8 Å². The molecule has 4 aromatic rings. The normalized spacial score (nSPS) is 10.5. The van der Waals surface area contributed by atoms with Gasteiger partial charge in [0.15, 0.2) is 5.82 Å². The molecule has 1 amide bonds. The molecule has 1 N–H and O–H groups in total. The number of anilines is 1. The molecule has 0 unspecified atom stereocenters. The Balaban J connectivity index is 1.60. The first kappa shape index (κ1) is 20.0. The smallest absolute Gasteiger partial charge is 0.340 e. The van der Waals surface area contributed by atoms with Gasteiger partial charge < -0.3 is 10.1 Å². The molecule has 2 heterocycles. The van der Waals surface area contributed by atoms with Gasteiger partial charge in [-0.2, -0.15) is 5.10 Å². The van der Waals surface area contributed by atoms with Gasteiger partial charge in [-0.15, -0.1) is 0 Å². The van der Waals surface area contributed by atoms with E-state index in [1.807, 2.05) is 36.4 Å². The molecule has 0 bridgehead atoms. The molecule has 154 valence electrons. The minimum Gasteiger partial charge on any atom is -0.462 e. The quantitative estimate of drug-likeness (QED) is 0.476. The van der Waals surface area contributed by atoms with Crippen molar-refractivity contribution in [2.45, 2.75) is 6.92 Å². The van der Waals surface area contributed by atoms with Gasteiger partial charge >= 0.3 is 5.97 Å². The van der Waals surface area contributed by atoms with Crippen molar-refractivity contribution >= 4 is 17.6 Å². The zero-order valence-electron chi connectivity index (χ0n) is 16.9. The maximum atomic E-state index is 12.8. The maximum Gasteiger partial charge on any atom is 0.340 e. The second kappa shape index (κ2) is 9.04. The van der Waals surface area contributed by atoms with Gasteiger partial charge in [0.1, 0.15) is 0 Å². The topological polar surface area (TPSA) is 86.1 Å². The van der Waals surface area contributed by atoms with E-state index in [0.29, 0.717) is 17.1 Å². The molecule has 0 aliphatic heterocycles. The average Bonchev–Trinajstić information content (AvgIpc) is 3.35. The van der Waals surface area contributed by atoms with Crippen LogP contribution >= 0.6 is 0 Å². The fourth-order valence-corrected chi connectivity index (χ4v) is 3.10. The second-order valence-electron chi connectivity index (χ2n) is 6.66. The van der Waals surface area contributed by atoms with Crippen LogP contribution in [0.4, 0.5) is 5.69 Å². The monoisotopic (exact) mass is 412 g/mol. The first-order valence-corrected chi connectivity index (χ1v) is 9.79. The van der Waals surface area contributed by atoms with E-state index in [9.17, 15) is 9.59 Å². The van der Waals surface area contributed by atoms with Crippen molar-refractivity contribution in [3.63, 3.8) is 0 Å². The molecule has 0 spiro atoms. The molecular weight excluding hydrogens is 392 g/mol. The Labute approximate surface area is 179 Å². The minimum absolute atomic E-state index is 0.237. The van der Waals surface area contributed by atoms with Crippen LogP contribution in [-0.2, 0) is 4.74 Å². The van der Waals surface area contributed by atoms with Crippen molar-refractivity contribution < 1.29 is 14.3 Å². The third-order valence-corrected chi connectivity index (χ3v) is 4.62. The van der Waals surface area contributed by atoms with E-state index in [4.69, 9.17) is 4.74 Å². The molecule has 2 aromatic heterocycles. The number of nitrogens with zero attached hydrogens (tertiary/aromatic N) is 3. The number of hydrogen-bond acceptors (Lipinski definition) is 5. The predicted molar refractivity (Wildman–Crippen MR) is 117 cm³/mol. The molecule has 0 aliphatic carbocycles. The second-order valence-corrected chi connectivity index (χ2v) is 6.66. The lowest BCUT2D eigenvalue weighted by atomic mass is 10.0. The summed E-state index contributed by atoms with van der Waals surface area (Å²) in [4.78, 5) is 29.6. The SMILES string of the molecule is CCOC(=O)c1cc(-c2ccccc2)ccc1NC(=O)c1ccc(-n2cccn2)nc1. The fraction of sp³-hybridized carbons (Fsp3) is 0.0833. The zero-order chi connectivity index (χ0) is 21.6. The van der Waals surface area contributed by atoms with Crippen LogP contribution in [0.2, 0.25) is 0 Å². The van der Waals surface area contributed by atoms with Crippen molar-refractivity contribution in [1.29, 1.82) is 0 Å². The summed E-state index contributed by atoms with van der Waals surface area (Å²) in [5.74, 6) is -0.277. The van der Waals surface area contributed by atoms with E-state index in [0.717, 1.165) is 11.1 Å². The van der Waals surface area contributed by atoms with Crippen molar-refractivity contribution in [2.24, 2.45) is 0 Å². The number of ether oxygens (including phenoxy) is 1. The Morgan fingerprint density at radius 3 is 2.52 bits per heavy atom. The number of rotatable bonds is 6. The Bertz CT molecular complexity index is 1190. The lowest BCUT2D eigenvalue weighted by molar-refractivity contribution is 0.0527. The Kier molecular flexibility index (Phi) is 5.84. The number of amides is 1. The summed E-state index contributed by atoms with van der Waals surface area (Å²) >= 11 is 0. The molecule has 7 heteroatoms. The third-order valence-electron chi connectivity index (χ3n) is 4.62. The molecule has 31 heavy (non-hydrogen) atoms. The first-order chi connectivity index (χ1) is 15.2. The van der Waals surface area contributed by atoms with E-state index in [1.54, 1.807) is 54.3 Å². The molecule has 4 rings (SSSR count). The van der Waals surface area contributed by atoms with Gasteiger partial charge in [0, 0.05) is 18.6 Å². The number of aromatic nitrogens is 3. The highest BCUT2D eigenvalue weighted by Crippen LogP contribution is 2.26. The summed E-state index contributed by atoms with van der Waals surface area (Å²) in [6.45, 7) is 1.98. The molecule has 0 atom stereocenters. The summed E-state index contributed by atoms with van der Waals surface area (Å²) in [7, 11) is 0. The maximum absolute atomic E-state index is 12.8. The number of nitrogens with one attached hydrogen (secondary N) is 1. The van der Waals surface area contributed by atoms with Crippen LogP contribution in [0, 0.1) is 0 Å². The van der Waals surface area contributed by atoms with Gasteiger partial charge in [-0.25, -0.2) is 14.5 Å². The van der Waals surface area contributed by atoms with E-state index in [2.05, 4.69) is 15.4 Å². The highest BCUT2D eigenvalue weighted by atomic mass is 16.5. The van der Waals surface area contributed by atoms with Gasteiger partial charge in [0.05, 0.1) is 23.4 Å². The van der Waals surface area contributed by atoms with Crippen LogP contribution in [0.15, 0.2) is 85.3 Å². The molecule has 0 radical (unpaired) electrons. The number of carbonyl (C=O) groups excluding carboxylic acids is 2. The largest absolute Gasteiger partial charge is 0.462 e. The van der Waals surface area contributed by atoms with Crippen LogP contribution in [0.3, 0.4) is 0 Å². The first-order valence-electron chi connectivity index (χ1n) is 9.79. The summed E-state index contributed by atoms with van der Waals surface area (Å²) in [5, 5.41) is 6.91. The summed E-state index contributed by atoms with van der Waals surface area (Å²) in [6, 6.07) is 20.1. The number of esters is 1. The van der Waals surface area contributed by atoms with Crippen LogP contribution in [-0.4, -0.2) is 33.2 Å². The van der Waals surface area contributed by atoms with Gasteiger partial charge in [0.2, 0.25) is 0 Å². The third kappa shape index (κ3) is 4.51. The Morgan fingerprint density at radius 2 is 1.84 bits per heavy atom. The Hall–Kier alpha value is -4.26. The van der Waals surface area contributed by atoms with E-state index in [1.165, 1.54) is 6.20 Å². The molecule has 0 saturated heterocycles. The van der Waals surface area contributed by atoms with Crippen LogP contribution in [0.1, 0.15) is 27.6 Å². The molecular formula is C24H20N4O3. The van der Waals surface area contributed by atoms with Crippen molar-refractivity contribution in [3.05, 3.63) is 96.4 Å². The van der Waals surface area contributed by atoms with E-state index >= 15 is 0 Å². The fourth-order valence-electron chi connectivity index (χ4n) is 3.10. The standard InChI is InChI=1S/C24H20N4O3/c1-2-31-24(30)20-15-18(17-7-4-3-5-8-17)9-11-21(20)27-23(29)19-10-12-22(25-16-19)28-14-6-13-26-28/h3-16H,2H2,1H3,(H,27,29). The summed E-state index contributed by atoms with van der Waals surface area (Å²) < 4.78 is 6.79. The van der Waals surface area contributed by atoms with Crippen LogP contribution < -0.4 is 5.32 Å². The molecule has 0 saturated carbocycles. The van der Waals surface area contributed by atoms with Gasteiger partial charge in [0.25, 0.3) is 5.91 Å². The number of hydrogen-bond donors (Lipinski definition) is 1. The van der Waals surface area contributed by atoms with Crippen LogP contribution in [0.5, 0.6) is 0 Å². The number of carbonyl (C=O) groups is 2. The molecule has 7 nitrogen and oxygen atoms in total. The number of benzene rings is 2. The number of pyridine rings is 1. The summed E-state index contributed by atoms with van der Waals surface area (Å²) in [5.41, 5.74) is 2.84. The average molecular weight is 412 g/mol.